The van der Waals surface area contributed by atoms with Gasteiger partial charge in [0, 0.05) is 19.0 Å². The van der Waals surface area contributed by atoms with E-state index in [1.54, 1.807) is 19.0 Å². The van der Waals surface area contributed by atoms with Crippen molar-refractivity contribution < 1.29 is 14.3 Å². The molecule has 1 rings (SSSR count). The fraction of sp³-hybridized carbons (Fsp3) is 0.529. The SMILES string of the molecule is COC(=O)Cc1cc(C(C)(C)C)c(SC(=O)N(C)C)cc1C. The number of hydrogen-bond acceptors (Lipinski definition) is 4. The van der Waals surface area contributed by atoms with Crippen molar-refractivity contribution in [3.8, 4) is 0 Å². The molecule has 0 radical (unpaired) electrons. The van der Waals surface area contributed by atoms with Gasteiger partial charge in [-0.05, 0) is 46.9 Å². The monoisotopic (exact) mass is 323 g/mol. The van der Waals surface area contributed by atoms with Gasteiger partial charge in [0.1, 0.15) is 0 Å². The van der Waals surface area contributed by atoms with E-state index in [9.17, 15) is 9.59 Å². The van der Waals surface area contributed by atoms with Gasteiger partial charge in [-0.25, -0.2) is 0 Å². The van der Waals surface area contributed by atoms with Crippen LogP contribution in [0.4, 0.5) is 4.79 Å². The van der Waals surface area contributed by atoms with E-state index >= 15 is 0 Å². The molecule has 22 heavy (non-hydrogen) atoms. The molecule has 1 aromatic carbocycles. The third-order valence-corrected chi connectivity index (χ3v) is 4.47. The molecule has 0 fully saturated rings. The zero-order valence-corrected chi connectivity index (χ0v) is 15.3. The van der Waals surface area contributed by atoms with Gasteiger partial charge in [-0.1, -0.05) is 26.8 Å². The lowest BCUT2D eigenvalue weighted by Gasteiger charge is -2.25. The Balaban J connectivity index is 3.30. The first kappa shape index (κ1) is 18.6. The van der Waals surface area contributed by atoms with E-state index in [1.165, 1.54) is 18.9 Å². The molecule has 0 atom stereocenters. The summed E-state index contributed by atoms with van der Waals surface area (Å²) in [5, 5.41) is -0.00869. The predicted octanol–water partition coefficient (Wildman–Crippen LogP) is 3.78. The first-order valence-electron chi connectivity index (χ1n) is 7.16. The van der Waals surface area contributed by atoms with Gasteiger partial charge in [0.15, 0.2) is 0 Å². The number of ether oxygens (including phenoxy) is 1. The van der Waals surface area contributed by atoms with Gasteiger partial charge in [-0.15, -0.1) is 0 Å². The minimum atomic E-state index is -0.257. The van der Waals surface area contributed by atoms with E-state index in [0.29, 0.717) is 0 Å². The molecule has 0 N–H and O–H groups in total. The summed E-state index contributed by atoms with van der Waals surface area (Å²) in [5.74, 6) is -0.257. The van der Waals surface area contributed by atoms with Crippen LogP contribution in [0.3, 0.4) is 0 Å². The zero-order valence-electron chi connectivity index (χ0n) is 14.4. The molecular weight excluding hydrogens is 298 g/mol. The molecule has 0 spiro atoms. The molecule has 1 amide bonds. The lowest BCUT2D eigenvalue weighted by molar-refractivity contribution is -0.139. The smallest absolute Gasteiger partial charge is 0.309 e. The fourth-order valence-corrected chi connectivity index (χ4v) is 3.08. The molecule has 0 bridgehead atoms. The van der Waals surface area contributed by atoms with Crippen LogP contribution in [0.1, 0.15) is 37.5 Å². The van der Waals surface area contributed by atoms with Gasteiger partial charge in [-0.3, -0.25) is 9.59 Å². The largest absolute Gasteiger partial charge is 0.469 e. The Hall–Kier alpha value is -1.49. The zero-order chi connectivity index (χ0) is 17.1. The summed E-state index contributed by atoms with van der Waals surface area (Å²) in [7, 11) is 4.87. The summed E-state index contributed by atoms with van der Waals surface area (Å²) in [5.41, 5.74) is 2.89. The lowest BCUT2D eigenvalue weighted by atomic mass is 9.84. The van der Waals surface area contributed by atoms with Crippen LogP contribution in [-0.2, 0) is 21.4 Å². The average molecular weight is 323 g/mol. The van der Waals surface area contributed by atoms with E-state index in [-0.39, 0.29) is 23.0 Å². The molecule has 0 heterocycles. The van der Waals surface area contributed by atoms with Gasteiger partial charge in [-0.2, -0.15) is 0 Å². The summed E-state index contributed by atoms with van der Waals surface area (Å²) >= 11 is 1.22. The highest BCUT2D eigenvalue weighted by Gasteiger charge is 2.23. The normalized spacial score (nSPS) is 11.2. The maximum Gasteiger partial charge on any atom is 0.309 e. The highest BCUT2D eigenvalue weighted by molar-refractivity contribution is 8.13. The van der Waals surface area contributed by atoms with E-state index in [2.05, 4.69) is 20.8 Å². The summed E-state index contributed by atoms with van der Waals surface area (Å²) in [6.07, 6.45) is 0.248. The second-order valence-electron chi connectivity index (χ2n) is 6.54. The maximum absolute atomic E-state index is 12.0. The molecule has 0 saturated heterocycles. The van der Waals surface area contributed by atoms with E-state index in [4.69, 9.17) is 4.74 Å². The van der Waals surface area contributed by atoms with Crippen LogP contribution in [0.5, 0.6) is 0 Å². The standard InChI is InChI=1S/C17H25NO3S/c1-11-8-14(22-16(20)18(5)6)13(17(2,3)4)9-12(11)10-15(19)21-7/h8-9H,10H2,1-7H3. The van der Waals surface area contributed by atoms with E-state index < -0.39 is 0 Å². The second-order valence-corrected chi connectivity index (χ2v) is 7.53. The van der Waals surface area contributed by atoms with Gasteiger partial charge in [0.05, 0.1) is 13.5 Å². The van der Waals surface area contributed by atoms with Crippen LogP contribution in [0.25, 0.3) is 0 Å². The Bertz CT molecular complexity index is 574. The first-order valence-corrected chi connectivity index (χ1v) is 7.98. The van der Waals surface area contributed by atoms with Crippen LogP contribution in [0.2, 0.25) is 0 Å². The number of hydrogen-bond donors (Lipinski definition) is 0. The molecule has 1 aromatic rings. The molecule has 0 aliphatic carbocycles. The Morgan fingerprint density at radius 3 is 2.27 bits per heavy atom. The van der Waals surface area contributed by atoms with Crippen molar-refractivity contribution in [2.45, 2.75) is 44.4 Å². The van der Waals surface area contributed by atoms with Crippen LogP contribution < -0.4 is 0 Å². The Morgan fingerprint density at radius 1 is 1.23 bits per heavy atom. The summed E-state index contributed by atoms with van der Waals surface area (Å²) in [6.45, 7) is 8.26. The number of esters is 1. The molecule has 0 saturated carbocycles. The number of carbonyl (C=O) groups excluding carboxylic acids is 2. The fourth-order valence-electron chi connectivity index (χ4n) is 2.00. The molecular formula is C17H25NO3S. The van der Waals surface area contributed by atoms with Crippen molar-refractivity contribution in [1.29, 1.82) is 0 Å². The van der Waals surface area contributed by atoms with Crippen molar-refractivity contribution in [3.63, 3.8) is 0 Å². The number of carbonyl (C=O) groups is 2. The van der Waals surface area contributed by atoms with Crippen LogP contribution >= 0.6 is 11.8 Å². The van der Waals surface area contributed by atoms with Gasteiger partial charge < -0.3 is 9.64 Å². The number of aryl methyl sites for hydroxylation is 1. The Morgan fingerprint density at radius 2 is 1.82 bits per heavy atom. The summed E-state index contributed by atoms with van der Waals surface area (Å²) < 4.78 is 4.76. The second kappa shape index (κ2) is 7.18. The van der Waals surface area contributed by atoms with Crippen molar-refractivity contribution in [1.82, 2.24) is 4.90 Å². The third kappa shape index (κ3) is 4.77. The number of thioether (sulfide) groups is 1. The van der Waals surface area contributed by atoms with Crippen molar-refractivity contribution in [2.75, 3.05) is 21.2 Å². The Labute approximate surface area is 137 Å². The molecule has 122 valence electrons. The molecule has 4 nitrogen and oxygen atoms in total. The van der Waals surface area contributed by atoms with Gasteiger partial charge >= 0.3 is 5.97 Å². The van der Waals surface area contributed by atoms with Crippen molar-refractivity contribution in [2.24, 2.45) is 0 Å². The highest BCUT2D eigenvalue weighted by atomic mass is 32.2. The highest BCUT2D eigenvalue weighted by Crippen LogP contribution is 2.35. The first-order chi connectivity index (χ1) is 10.1. The van der Waals surface area contributed by atoms with Crippen LogP contribution in [0, 0.1) is 6.92 Å². The maximum atomic E-state index is 12.0. The van der Waals surface area contributed by atoms with Crippen molar-refractivity contribution in [3.05, 3.63) is 28.8 Å². The summed E-state index contributed by atoms with van der Waals surface area (Å²) in [6, 6.07) is 4.02. The molecule has 0 aromatic heterocycles. The number of benzene rings is 1. The van der Waals surface area contributed by atoms with Crippen LogP contribution in [0.15, 0.2) is 17.0 Å². The number of rotatable bonds is 3. The Kier molecular flexibility index (Phi) is 6.06. The average Bonchev–Trinajstić information content (AvgIpc) is 2.39. The number of methoxy groups -OCH3 is 1. The lowest BCUT2D eigenvalue weighted by Crippen LogP contribution is -2.19. The molecule has 0 aliphatic heterocycles. The van der Waals surface area contributed by atoms with Crippen molar-refractivity contribution >= 4 is 23.0 Å². The quantitative estimate of drug-likeness (QED) is 0.627. The minimum absolute atomic E-state index is 0.00869. The predicted molar refractivity (Wildman–Crippen MR) is 90.5 cm³/mol. The molecule has 0 aliphatic rings. The van der Waals surface area contributed by atoms with E-state index in [1.807, 2.05) is 19.1 Å². The third-order valence-electron chi connectivity index (χ3n) is 3.37. The number of amides is 1. The van der Waals surface area contributed by atoms with Crippen LogP contribution in [-0.4, -0.2) is 37.3 Å². The topological polar surface area (TPSA) is 46.6 Å². The summed E-state index contributed by atoms with van der Waals surface area (Å²) in [4.78, 5) is 26.1. The molecule has 0 unspecified atom stereocenters. The number of nitrogens with zero attached hydrogens (tertiary/aromatic N) is 1. The van der Waals surface area contributed by atoms with Gasteiger partial charge in [0.25, 0.3) is 5.24 Å². The molecule has 5 heteroatoms. The minimum Gasteiger partial charge on any atom is -0.469 e. The van der Waals surface area contributed by atoms with E-state index in [0.717, 1.165) is 21.6 Å². The van der Waals surface area contributed by atoms with Gasteiger partial charge in [0.2, 0.25) is 0 Å².